The van der Waals surface area contributed by atoms with E-state index >= 15 is 0 Å². The first kappa shape index (κ1) is 19.2. The lowest BCUT2D eigenvalue weighted by Crippen LogP contribution is -2.17. The molecule has 10 heteroatoms. The molecule has 1 aromatic carbocycles. The minimum Gasteiger partial charge on any atom is -0.364 e. The lowest BCUT2D eigenvalue weighted by molar-refractivity contribution is 0.0995. The third-order valence-electron chi connectivity index (χ3n) is 4.14. The van der Waals surface area contributed by atoms with Crippen LogP contribution in [0.2, 0.25) is 0 Å². The first-order valence-corrected chi connectivity index (χ1v) is 9.87. The lowest BCUT2D eigenvalue weighted by Gasteiger charge is -2.14. The van der Waals surface area contributed by atoms with Crippen molar-refractivity contribution in [3.8, 4) is 6.07 Å². The Kier molecular flexibility index (Phi) is 4.94. The minimum absolute atomic E-state index is 0.0734. The van der Waals surface area contributed by atoms with Crippen LogP contribution < -0.4 is 11.1 Å². The predicted octanol–water partition coefficient (Wildman–Crippen LogP) is 1.84. The summed E-state index contributed by atoms with van der Waals surface area (Å²) in [5.41, 5.74) is 7.21. The summed E-state index contributed by atoms with van der Waals surface area (Å²) in [5.74, 6) is -0.904. The van der Waals surface area contributed by atoms with Crippen molar-refractivity contribution in [2.24, 2.45) is 5.73 Å². The highest BCUT2D eigenvalue weighted by molar-refractivity contribution is 7.91. The van der Waals surface area contributed by atoms with Crippen LogP contribution in [0, 0.1) is 18.3 Å². The molecule has 1 amide bonds. The molecule has 0 aliphatic rings. The topological polar surface area (TPSA) is 152 Å². The Morgan fingerprint density at radius 2 is 2.00 bits per heavy atom. The number of aryl methyl sites for hydroxylation is 1. The molecule has 142 valence electrons. The number of nitriles is 1. The van der Waals surface area contributed by atoms with Crippen molar-refractivity contribution in [2.75, 3.05) is 11.1 Å². The van der Waals surface area contributed by atoms with Gasteiger partial charge in [-0.05, 0) is 30.7 Å². The predicted molar refractivity (Wildman–Crippen MR) is 103 cm³/mol. The minimum atomic E-state index is -3.49. The van der Waals surface area contributed by atoms with Gasteiger partial charge in [0.2, 0.25) is 0 Å². The molecule has 0 fully saturated rings. The number of pyridine rings is 1. The van der Waals surface area contributed by atoms with Gasteiger partial charge in [-0.25, -0.2) is 8.42 Å². The van der Waals surface area contributed by atoms with Crippen LogP contribution in [0.4, 0.5) is 11.4 Å². The average molecular weight is 396 g/mol. The normalized spacial score (nSPS) is 11.2. The average Bonchev–Trinajstić information content (AvgIpc) is 2.68. The van der Waals surface area contributed by atoms with Gasteiger partial charge in [0.15, 0.2) is 15.5 Å². The zero-order valence-electron chi connectivity index (χ0n) is 15.1. The SMILES string of the molecule is CCS(=O)(=O)c1cc(C)c2nnc(C(N)=O)c(Nc3cncc(C#N)c3)c2c1. The van der Waals surface area contributed by atoms with Gasteiger partial charge in [-0.2, -0.15) is 5.26 Å². The third kappa shape index (κ3) is 3.47. The van der Waals surface area contributed by atoms with Gasteiger partial charge < -0.3 is 11.1 Å². The molecule has 0 saturated carbocycles. The molecule has 2 aromatic heterocycles. The number of rotatable bonds is 5. The lowest BCUT2D eigenvalue weighted by atomic mass is 10.1. The summed E-state index contributed by atoms with van der Waals surface area (Å²) < 4.78 is 24.7. The summed E-state index contributed by atoms with van der Waals surface area (Å²) in [6.07, 6.45) is 2.84. The van der Waals surface area contributed by atoms with Crippen molar-refractivity contribution < 1.29 is 13.2 Å². The zero-order chi connectivity index (χ0) is 20.5. The smallest absolute Gasteiger partial charge is 0.271 e. The number of nitrogens with one attached hydrogen (secondary N) is 1. The first-order valence-electron chi connectivity index (χ1n) is 8.22. The van der Waals surface area contributed by atoms with E-state index in [9.17, 15) is 13.2 Å². The molecule has 0 aliphatic carbocycles. The van der Waals surface area contributed by atoms with Gasteiger partial charge in [0.05, 0.1) is 39.3 Å². The number of aromatic nitrogens is 3. The number of nitrogens with two attached hydrogens (primary N) is 1. The summed E-state index contributed by atoms with van der Waals surface area (Å²) in [5, 5.41) is 20.3. The second kappa shape index (κ2) is 7.21. The van der Waals surface area contributed by atoms with Gasteiger partial charge in [0, 0.05) is 11.6 Å². The van der Waals surface area contributed by atoms with E-state index < -0.39 is 15.7 Å². The van der Waals surface area contributed by atoms with Crippen molar-refractivity contribution in [2.45, 2.75) is 18.7 Å². The standard InChI is InChI=1S/C18H16N6O3S/c1-3-28(26,27)13-4-10(2)15-14(6-13)16(17(18(20)25)24-23-15)22-12-5-11(7-19)8-21-9-12/h4-6,8-9H,3H2,1-2H3,(H2,20,25)(H,22,23). The maximum atomic E-state index is 12.4. The van der Waals surface area contributed by atoms with Crippen LogP contribution >= 0.6 is 0 Å². The van der Waals surface area contributed by atoms with E-state index in [2.05, 4.69) is 20.5 Å². The molecule has 3 rings (SSSR count). The fourth-order valence-electron chi connectivity index (χ4n) is 2.71. The molecule has 0 spiro atoms. The number of nitrogens with zero attached hydrogens (tertiary/aromatic N) is 4. The van der Waals surface area contributed by atoms with Gasteiger partial charge in [-0.15, -0.1) is 10.2 Å². The number of sulfone groups is 1. The Labute approximate surface area is 161 Å². The van der Waals surface area contributed by atoms with Gasteiger partial charge in [-0.1, -0.05) is 6.92 Å². The fourth-order valence-corrected chi connectivity index (χ4v) is 3.69. The van der Waals surface area contributed by atoms with Crippen LogP contribution in [0.5, 0.6) is 0 Å². The molecular formula is C18H16N6O3S. The summed E-state index contributed by atoms with van der Waals surface area (Å²) >= 11 is 0. The number of carbonyl (C=O) groups excluding carboxylic acids is 1. The van der Waals surface area contributed by atoms with Crippen molar-refractivity contribution >= 4 is 38.0 Å². The number of fused-ring (bicyclic) bond motifs is 1. The Morgan fingerprint density at radius 1 is 1.25 bits per heavy atom. The molecule has 0 unspecified atom stereocenters. The number of benzene rings is 1. The number of anilines is 2. The van der Waals surface area contributed by atoms with Crippen LogP contribution in [-0.4, -0.2) is 35.3 Å². The first-order chi connectivity index (χ1) is 13.3. The van der Waals surface area contributed by atoms with Crippen LogP contribution in [0.25, 0.3) is 10.9 Å². The molecule has 28 heavy (non-hydrogen) atoms. The van der Waals surface area contributed by atoms with Gasteiger partial charge in [0.1, 0.15) is 6.07 Å². The number of hydrogen-bond acceptors (Lipinski definition) is 8. The van der Waals surface area contributed by atoms with Crippen molar-refractivity contribution in [1.82, 2.24) is 15.2 Å². The number of hydrogen-bond donors (Lipinski definition) is 2. The van der Waals surface area contributed by atoms with Crippen LogP contribution in [0.15, 0.2) is 35.5 Å². The number of carbonyl (C=O) groups is 1. The Hall–Kier alpha value is -3.58. The van der Waals surface area contributed by atoms with Crippen molar-refractivity contribution in [3.05, 3.63) is 47.4 Å². The van der Waals surface area contributed by atoms with E-state index in [4.69, 9.17) is 11.0 Å². The highest BCUT2D eigenvalue weighted by atomic mass is 32.2. The summed E-state index contributed by atoms with van der Waals surface area (Å²) in [7, 11) is -3.49. The summed E-state index contributed by atoms with van der Waals surface area (Å²) in [6, 6.07) is 6.46. The molecule has 2 heterocycles. The maximum Gasteiger partial charge on any atom is 0.271 e. The highest BCUT2D eigenvalue weighted by Gasteiger charge is 2.20. The van der Waals surface area contributed by atoms with Gasteiger partial charge in [-0.3, -0.25) is 9.78 Å². The molecule has 9 nitrogen and oxygen atoms in total. The van der Waals surface area contributed by atoms with E-state index in [0.29, 0.717) is 27.7 Å². The van der Waals surface area contributed by atoms with Crippen molar-refractivity contribution in [1.29, 1.82) is 5.26 Å². The Balaban J connectivity index is 2.32. The Bertz CT molecular complexity index is 1250. The third-order valence-corrected chi connectivity index (χ3v) is 5.85. The van der Waals surface area contributed by atoms with Gasteiger partial charge in [0.25, 0.3) is 5.91 Å². The summed E-state index contributed by atoms with van der Waals surface area (Å²) in [6.45, 7) is 3.25. The molecular weight excluding hydrogens is 380 g/mol. The van der Waals surface area contributed by atoms with Crippen LogP contribution in [0.1, 0.15) is 28.5 Å². The second-order valence-corrected chi connectivity index (χ2v) is 8.30. The number of amides is 1. The van der Waals surface area contributed by atoms with E-state index in [1.807, 2.05) is 6.07 Å². The molecule has 0 saturated heterocycles. The van der Waals surface area contributed by atoms with E-state index in [1.54, 1.807) is 13.8 Å². The quantitative estimate of drug-likeness (QED) is 0.662. The number of primary amides is 1. The highest BCUT2D eigenvalue weighted by Crippen LogP contribution is 2.32. The van der Waals surface area contributed by atoms with E-state index in [1.165, 1.54) is 30.6 Å². The molecule has 3 N–H and O–H groups in total. The van der Waals surface area contributed by atoms with Crippen LogP contribution in [0.3, 0.4) is 0 Å². The molecule has 0 bridgehead atoms. The largest absolute Gasteiger partial charge is 0.364 e. The maximum absolute atomic E-state index is 12.4. The van der Waals surface area contributed by atoms with Crippen LogP contribution in [-0.2, 0) is 9.84 Å². The Morgan fingerprint density at radius 3 is 2.64 bits per heavy atom. The van der Waals surface area contributed by atoms with Gasteiger partial charge >= 0.3 is 0 Å². The molecule has 0 radical (unpaired) electrons. The monoisotopic (exact) mass is 396 g/mol. The van der Waals surface area contributed by atoms with E-state index in [0.717, 1.165) is 0 Å². The molecule has 0 aliphatic heterocycles. The fraction of sp³-hybridized carbons (Fsp3) is 0.167. The zero-order valence-corrected chi connectivity index (χ0v) is 15.9. The van der Waals surface area contributed by atoms with E-state index in [-0.39, 0.29) is 22.0 Å². The second-order valence-electron chi connectivity index (χ2n) is 6.03. The summed E-state index contributed by atoms with van der Waals surface area (Å²) in [4.78, 5) is 16.0. The molecule has 3 aromatic rings. The molecule has 0 atom stereocenters. The van der Waals surface area contributed by atoms with Crippen molar-refractivity contribution in [3.63, 3.8) is 0 Å².